The normalized spacial score (nSPS) is 10.4. The summed E-state index contributed by atoms with van der Waals surface area (Å²) in [5, 5.41) is 9.44. The van der Waals surface area contributed by atoms with Gasteiger partial charge >= 0.3 is 5.97 Å². The van der Waals surface area contributed by atoms with Crippen LogP contribution in [0.15, 0.2) is 48.6 Å². The van der Waals surface area contributed by atoms with E-state index in [1.165, 1.54) is 6.07 Å². The largest absolute Gasteiger partial charge is 0.490 e. The van der Waals surface area contributed by atoms with Crippen molar-refractivity contribution in [3.63, 3.8) is 0 Å². The fraction of sp³-hybridized carbons (Fsp3) is 0.250. The maximum atomic E-state index is 14.2. The average molecular weight is 344 g/mol. The maximum Gasteiger partial charge on any atom is 0.333 e. The van der Waals surface area contributed by atoms with Gasteiger partial charge in [-0.05, 0) is 37.1 Å². The van der Waals surface area contributed by atoms with Crippen LogP contribution in [0, 0.1) is 12.7 Å². The summed E-state index contributed by atoms with van der Waals surface area (Å²) in [5.41, 5.74) is 2.82. The van der Waals surface area contributed by atoms with Crippen molar-refractivity contribution < 1.29 is 23.8 Å². The van der Waals surface area contributed by atoms with Crippen molar-refractivity contribution >= 4 is 5.97 Å². The summed E-state index contributed by atoms with van der Waals surface area (Å²) in [7, 11) is 0. The molecule has 132 valence electrons. The molecule has 0 radical (unpaired) electrons. The first-order chi connectivity index (χ1) is 11.9. The molecule has 0 aromatic heterocycles. The molecule has 1 N–H and O–H groups in total. The third-order valence-corrected chi connectivity index (χ3v) is 3.60. The SMILES string of the molecule is C=C(C)C(=O)OCCOc1cc(-c2ccc(C)cc2F)ccc1CO. The second-order valence-electron chi connectivity index (χ2n) is 5.73. The van der Waals surface area contributed by atoms with E-state index in [1.807, 2.05) is 13.0 Å². The van der Waals surface area contributed by atoms with Crippen LogP contribution in [0.5, 0.6) is 5.75 Å². The van der Waals surface area contributed by atoms with E-state index in [0.717, 1.165) is 5.56 Å². The van der Waals surface area contributed by atoms with Gasteiger partial charge in [-0.25, -0.2) is 9.18 Å². The van der Waals surface area contributed by atoms with Gasteiger partial charge in [0, 0.05) is 16.7 Å². The van der Waals surface area contributed by atoms with Crippen LogP contribution >= 0.6 is 0 Å². The third-order valence-electron chi connectivity index (χ3n) is 3.60. The monoisotopic (exact) mass is 344 g/mol. The first kappa shape index (κ1) is 18.7. The molecule has 0 spiro atoms. The number of aliphatic hydroxyl groups excluding tert-OH is 1. The molecule has 0 amide bonds. The number of carbonyl (C=O) groups is 1. The van der Waals surface area contributed by atoms with Gasteiger partial charge in [-0.3, -0.25) is 0 Å². The summed E-state index contributed by atoms with van der Waals surface area (Å²) >= 11 is 0. The summed E-state index contributed by atoms with van der Waals surface area (Å²) in [4.78, 5) is 11.3. The lowest BCUT2D eigenvalue weighted by molar-refractivity contribution is -0.139. The van der Waals surface area contributed by atoms with E-state index in [4.69, 9.17) is 9.47 Å². The van der Waals surface area contributed by atoms with E-state index < -0.39 is 5.97 Å². The molecule has 0 fully saturated rings. The van der Waals surface area contributed by atoms with Gasteiger partial charge in [0.15, 0.2) is 0 Å². The highest BCUT2D eigenvalue weighted by Gasteiger charge is 2.10. The highest BCUT2D eigenvalue weighted by atomic mass is 19.1. The van der Waals surface area contributed by atoms with Crippen molar-refractivity contribution in [1.82, 2.24) is 0 Å². The van der Waals surface area contributed by atoms with E-state index >= 15 is 0 Å². The number of halogens is 1. The summed E-state index contributed by atoms with van der Waals surface area (Å²) in [6.07, 6.45) is 0. The van der Waals surface area contributed by atoms with E-state index in [0.29, 0.717) is 28.0 Å². The van der Waals surface area contributed by atoms with Crippen LogP contribution in [0.2, 0.25) is 0 Å². The van der Waals surface area contributed by atoms with Crippen LogP contribution in [0.1, 0.15) is 18.1 Å². The predicted molar refractivity (Wildman–Crippen MR) is 93.8 cm³/mol. The molecular weight excluding hydrogens is 323 g/mol. The van der Waals surface area contributed by atoms with E-state index in [9.17, 15) is 14.3 Å². The van der Waals surface area contributed by atoms with E-state index in [-0.39, 0.29) is 25.6 Å². The number of hydrogen-bond donors (Lipinski definition) is 1. The Bertz CT molecular complexity index is 783. The van der Waals surface area contributed by atoms with Crippen LogP contribution in [-0.4, -0.2) is 24.3 Å². The summed E-state index contributed by atoms with van der Waals surface area (Å²) in [6, 6.07) is 10.1. The van der Waals surface area contributed by atoms with Gasteiger partial charge in [-0.2, -0.15) is 0 Å². The molecule has 0 aliphatic heterocycles. The molecule has 0 aliphatic rings. The lowest BCUT2D eigenvalue weighted by Gasteiger charge is -2.13. The third kappa shape index (κ3) is 4.90. The number of carbonyl (C=O) groups excluding carboxylic acids is 1. The fourth-order valence-corrected chi connectivity index (χ4v) is 2.25. The minimum absolute atomic E-state index is 0.0552. The Kier molecular flexibility index (Phi) is 6.31. The van der Waals surface area contributed by atoms with Gasteiger partial charge < -0.3 is 14.6 Å². The van der Waals surface area contributed by atoms with Crippen LogP contribution in [-0.2, 0) is 16.1 Å². The quantitative estimate of drug-likeness (QED) is 0.472. The van der Waals surface area contributed by atoms with E-state index in [1.54, 1.807) is 31.2 Å². The van der Waals surface area contributed by atoms with Crippen molar-refractivity contribution in [3.05, 3.63) is 65.5 Å². The first-order valence-corrected chi connectivity index (χ1v) is 7.88. The van der Waals surface area contributed by atoms with E-state index in [2.05, 4.69) is 6.58 Å². The molecule has 2 rings (SSSR count). The maximum absolute atomic E-state index is 14.2. The molecule has 0 bridgehead atoms. The molecule has 0 saturated heterocycles. The molecule has 0 atom stereocenters. The molecule has 0 heterocycles. The lowest BCUT2D eigenvalue weighted by atomic mass is 10.0. The number of aliphatic hydroxyl groups is 1. The van der Waals surface area contributed by atoms with Gasteiger partial charge in [0.05, 0.1) is 6.61 Å². The summed E-state index contributed by atoms with van der Waals surface area (Å²) in [5.74, 6) is -0.383. The topological polar surface area (TPSA) is 55.8 Å². The Hall–Kier alpha value is -2.66. The number of rotatable bonds is 7. The second kappa shape index (κ2) is 8.44. The zero-order chi connectivity index (χ0) is 18.4. The lowest BCUT2D eigenvalue weighted by Crippen LogP contribution is -2.13. The molecule has 5 heteroatoms. The first-order valence-electron chi connectivity index (χ1n) is 7.88. The Morgan fingerprint density at radius 3 is 2.60 bits per heavy atom. The molecule has 4 nitrogen and oxygen atoms in total. The number of aryl methyl sites for hydroxylation is 1. The van der Waals surface area contributed by atoms with Crippen LogP contribution < -0.4 is 4.74 Å². The Balaban J connectivity index is 2.14. The fourth-order valence-electron chi connectivity index (χ4n) is 2.25. The Morgan fingerprint density at radius 2 is 1.96 bits per heavy atom. The van der Waals surface area contributed by atoms with Gasteiger partial charge in [0.1, 0.15) is 24.8 Å². The number of benzene rings is 2. The predicted octanol–water partition coefficient (Wildman–Crippen LogP) is 3.79. The highest BCUT2D eigenvalue weighted by molar-refractivity contribution is 5.86. The summed E-state index contributed by atoms with van der Waals surface area (Å²) in [6.45, 7) is 6.84. The molecule has 0 saturated carbocycles. The van der Waals surface area contributed by atoms with Gasteiger partial charge in [-0.1, -0.05) is 30.8 Å². The van der Waals surface area contributed by atoms with Crippen LogP contribution in [0.3, 0.4) is 0 Å². The Morgan fingerprint density at radius 1 is 1.20 bits per heavy atom. The van der Waals surface area contributed by atoms with Crippen molar-refractivity contribution in [2.45, 2.75) is 20.5 Å². The van der Waals surface area contributed by atoms with Gasteiger partial charge in [0.2, 0.25) is 0 Å². The van der Waals surface area contributed by atoms with Crippen LogP contribution in [0.25, 0.3) is 11.1 Å². The van der Waals surface area contributed by atoms with Crippen molar-refractivity contribution in [1.29, 1.82) is 0 Å². The molecule has 2 aromatic carbocycles. The minimum atomic E-state index is -0.485. The summed E-state index contributed by atoms with van der Waals surface area (Å²) < 4.78 is 24.7. The number of ether oxygens (including phenoxy) is 2. The zero-order valence-corrected chi connectivity index (χ0v) is 14.3. The zero-order valence-electron chi connectivity index (χ0n) is 14.3. The molecule has 0 unspecified atom stereocenters. The van der Waals surface area contributed by atoms with Crippen molar-refractivity contribution in [2.75, 3.05) is 13.2 Å². The minimum Gasteiger partial charge on any atom is -0.490 e. The second-order valence-corrected chi connectivity index (χ2v) is 5.73. The van der Waals surface area contributed by atoms with Gasteiger partial charge in [-0.15, -0.1) is 0 Å². The highest BCUT2D eigenvalue weighted by Crippen LogP contribution is 2.29. The van der Waals surface area contributed by atoms with Gasteiger partial charge in [0.25, 0.3) is 0 Å². The Labute approximate surface area is 146 Å². The number of hydrogen-bond acceptors (Lipinski definition) is 4. The molecule has 2 aromatic rings. The number of esters is 1. The molecular formula is C20H21FO4. The average Bonchev–Trinajstić information content (AvgIpc) is 2.58. The molecule has 25 heavy (non-hydrogen) atoms. The standard InChI is InChI=1S/C20H21FO4/c1-13(2)20(23)25-9-8-24-19-11-15(5-6-16(19)12-22)17-7-4-14(3)10-18(17)21/h4-7,10-11,22H,1,8-9,12H2,2-3H3. The van der Waals surface area contributed by atoms with Crippen molar-refractivity contribution in [2.24, 2.45) is 0 Å². The van der Waals surface area contributed by atoms with Crippen LogP contribution in [0.4, 0.5) is 4.39 Å². The molecule has 0 aliphatic carbocycles. The van der Waals surface area contributed by atoms with Crippen molar-refractivity contribution in [3.8, 4) is 16.9 Å². The smallest absolute Gasteiger partial charge is 0.333 e.